The fourth-order valence-corrected chi connectivity index (χ4v) is 5.29. The molecule has 0 unspecified atom stereocenters. The van der Waals surface area contributed by atoms with Gasteiger partial charge in [-0.2, -0.15) is 4.31 Å². The van der Waals surface area contributed by atoms with Crippen molar-refractivity contribution in [2.45, 2.75) is 18.2 Å². The number of hydrogen-bond acceptors (Lipinski definition) is 7. The van der Waals surface area contributed by atoms with Gasteiger partial charge in [0.25, 0.3) is 0 Å². The van der Waals surface area contributed by atoms with Gasteiger partial charge in [-0.1, -0.05) is 6.08 Å². The summed E-state index contributed by atoms with van der Waals surface area (Å²) >= 11 is 0. The van der Waals surface area contributed by atoms with Crippen LogP contribution in [0.3, 0.4) is 0 Å². The van der Waals surface area contributed by atoms with Gasteiger partial charge in [0, 0.05) is 20.1 Å². The second-order valence-corrected chi connectivity index (χ2v) is 9.46. The zero-order valence-corrected chi connectivity index (χ0v) is 17.6. The van der Waals surface area contributed by atoms with Crippen molar-refractivity contribution < 1.29 is 13.2 Å². The van der Waals surface area contributed by atoms with Gasteiger partial charge in [-0.05, 0) is 48.7 Å². The molecule has 2 aliphatic heterocycles. The highest BCUT2D eigenvalue weighted by atomic mass is 32.2. The maximum atomic E-state index is 13.2. The van der Waals surface area contributed by atoms with E-state index in [0.29, 0.717) is 37.5 Å². The predicted molar refractivity (Wildman–Crippen MR) is 112 cm³/mol. The summed E-state index contributed by atoms with van der Waals surface area (Å²) < 4.78 is 35.1. The maximum absolute atomic E-state index is 13.2. The molecule has 0 radical (unpaired) electrons. The number of rotatable bonds is 3. The van der Waals surface area contributed by atoms with Gasteiger partial charge in [0.1, 0.15) is 18.7 Å². The van der Waals surface area contributed by atoms with Gasteiger partial charge >= 0.3 is 0 Å². The Labute approximate surface area is 174 Å². The van der Waals surface area contributed by atoms with Crippen LogP contribution < -0.4 is 9.64 Å². The number of nitrogens with zero attached hydrogens (tertiary/aromatic N) is 6. The minimum absolute atomic E-state index is 0.286. The lowest BCUT2D eigenvalue weighted by Gasteiger charge is -2.29. The lowest BCUT2D eigenvalue weighted by Crippen LogP contribution is -2.35. The predicted octanol–water partition coefficient (Wildman–Crippen LogP) is 1.74. The van der Waals surface area contributed by atoms with E-state index in [4.69, 9.17) is 4.74 Å². The van der Waals surface area contributed by atoms with Crippen LogP contribution in [0.15, 0.2) is 41.6 Å². The molecule has 0 bridgehead atoms. The molecule has 0 fully saturated rings. The quantitative estimate of drug-likeness (QED) is 0.630. The van der Waals surface area contributed by atoms with Crippen LogP contribution in [0.1, 0.15) is 17.7 Å². The van der Waals surface area contributed by atoms with Crippen molar-refractivity contribution in [1.82, 2.24) is 24.1 Å². The Morgan fingerprint density at radius 3 is 2.83 bits per heavy atom. The summed E-state index contributed by atoms with van der Waals surface area (Å²) in [6.07, 6.45) is 3.99. The minimum atomic E-state index is -3.60. The van der Waals surface area contributed by atoms with E-state index in [1.165, 1.54) is 15.3 Å². The summed E-state index contributed by atoms with van der Waals surface area (Å²) in [4.78, 5) is 6.45. The van der Waals surface area contributed by atoms with E-state index >= 15 is 0 Å². The largest absolute Gasteiger partial charge is 0.490 e. The summed E-state index contributed by atoms with van der Waals surface area (Å²) in [5, 5.41) is 8.64. The van der Waals surface area contributed by atoms with E-state index in [2.05, 4.69) is 15.2 Å². The fourth-order valence-electron chi connectivity index (χ4n) is 3.89. The number of aryl methyl sites for hydroxylation is 1. The molecule has 0 atom stereocenters. The third-order valence-corrected chi connectivity index (χ3v) is 7.47. The van der Waals surface area contributed by atoms with Crippen molar-refractivity contribution in [2.24, 2.45) is 0 Å². The lowest BCUT2D eigenvalue weighted by atomic mass is 10.0. The van der Waals surface area contributed by atoms with Crippen LogP contribution in [0.25, 0.3) is 11.2 Å². The Morgan fingerprint density at radius 2 is 2.03 bits per heavy atom. The highest BCUT2D eigenvalue weighted by Gasteiger charge is 2.29. The van der Waals surface area contributed by atoms with Gasteiger partial charge < -0.3 is 9.64 Å². The zero-order chi connectivity index (χ0) is 20.9. The molecule has 0 N–H and O–H groups in total. The van der Waals surface area contributed by atoms with Gasteiger partial charge in [0.2, 0.25) is 10.0 Å². The van der Waals surface area contributed by atoms with Crippen molar-refractivity contribution >= 4 is 26.9 Å². The van der Waals surface area contributed by atoms with Crippen LogP contribution in [0, 0.1) is 6.92 Å². The highest BCUT2D eigenvalue weighted by Crippen LogP contribution is 2.34. The van der Waals surface area contributed by atoms with Crippen LogP contribution in [0.2, 0.25) is 0 Å². The zero-order valence-electron chi connectivity index (χ0n) is 16.8. The number of likely N-dealkylation sites (N-methyl/N-ethyl adjacent to an activating group) is 1. The van der Waals surface area contributed by atoms with Crippen LogP contribution in [-0.2, 0) is 10.0 Å². The Hall–Kier alpha value is -2.98. The average molecular weight is 427 g/mol. The first kappa shape index (κ1) is 19.0. The molecular weight excluding hydrogens is 404 g/mol. The van der Waals surface area contributed by atoms with E-state index < -0.39 is 10.0 Å². The SMILES string of the molecule is Cc1cc2ncnn2nc1C1=CCN(S(=O)(=O)c2ccc3c(c2)N(C)CCO3)CC1. The van der Waals surface area contributed by atoms with Gasteiger partial charge in [-0.25, -0.2) is 13.4 Å². The summed E-state index contributed by atoms with van der Waals surface area (Å²) in [5.74, 6) is 0.716. The Balaban J connectivity index is 1.42. The summed E-state index contributed by atoms with van der Waals surface area (Å²) in [6, 6.07) is 7.00. The van der Waals surface area contributed by atoms with Crippen LogP contribution >= 0.6 is 0 Å². The molecule has 5 rings (SSSR count). The first-order valence-corrected chi connectivity index (χ1v) is 11.2. The molecule has 0 saturated heterocycles. The molecule has 3 aromatic rings. The molecule has 2 aliphatic rings. The van der Waals surface area contributed by atoms with Gasteiger partial charge in [-0.15, -0.1) is 14.8 Å². The molecule has 9 nitrogen and oxygen atoms in total. The monoisotopic (exact) mass is 426 g/mol. The average Bonchev–Trinajstić information content (AvgIpc) is 3.20. The first-order chi connectivity index (χ1) is 14.4. The van der Waals surface area contributed by atoms with Crippen LogP contribution in [0.4, 0.5) is 5.69 Å². The molecular formula is C20H22N6O3S. The van der Waals surface area contributed by atoms with E-state index in [1.807, 2.05) is 31.0 Å². The number of sulfonamides is 1. The molecule has 156 valence electrons. The Kier molecular flexibility index (Phi) is 4.48. The van der Waals surface area contributed by atoms with E-state index in [-0.39, 0.29) is 4.90 Å². The Bertz CT molecular complexity index is 1270. The second-order valence-electron chi connectivity index (χ2n) is 7.53. The second kappa shape index (κ2) is 7.06. The number of hydrogen-bond donors (Lipinski definition) is 0. The molecule has 4 heterocycles. The maximum Gasteiger partial charge on any atom is 0.243 e. The number of anilines is 1. The van der Waals surface area contributed by atoms with E-state index in [0.717, 1.165) is 29.1 Å². The fraction of sp³-hybridized carbons (Fsp3) is 0.350. The van der Waals surface area contributed by atoms with Crippen molar-refractivity contribution in [3.05, 3.63) is 47.9 Å². The number of ether oxygens (including phenoxy) is 1. The van der Waals surface area contributed by atoms with Gasteiger partial charge in [-0.3, -0.25) is 0 Å². The number of benzene rings is 1. The molecule has 0 spiro atoms. The highest BCUT2D eigenvalue weighted by molar-refractivity contribution is 7.89. The molecule has 10 heteroatoms. The Morgan fingerprint density at radius 1 is 1.17 bits per heavy atom. The van der Waals surface area contributed by atoms with E-state index in [9.17, 15) is 8.42 Å². The summed E-state index contributed by atoms with van der Waals surface area (Å²) in [7, 11) is -1.66. The smallest absolute Gasteiger partial charge is 0.243 e. The minimum Gasteiger partial charge on any atom is -0.490 e. The van der Waals surface area contributed by atoms with Crippen molar-refractivity contribution in [3.63, 3.8) is 0 Å². The normalized spacial score (nSPS) is 17.5. The third-order valence-electron chi connectivity index (χ3n) is 5.61. The van der Waals surface area contributed by atoms with Crippen LogP contribution in [-0.4, -0.2) is 65.8 Å². The number of fused-ring (bicyclic) bond motifs is 2. The standard InChI is InChI=1S/C20H22N6O3S/c1-14-11-19-21-13-22-26(19)23-20(14)15-5-7-25(8-6-15)30(27,28)16-3-4-18-17(12-16)24(2)9-10-29-18/h3-5,11-13H,6-10H2,1-2H3. The molecule has 0 saturated carbocycles. The molecule has 2 aromatic heterocycles. The molecule has 1 aromatic carbocycles. The first-order valence-electron chi connectivity index (χ1n) is 9.79. The molecule has 30 heavy (non-hydrogen) atoms. The summed E-state index contributed by atoms with van der Waals surface area (Å²) in [5.41, 5.74) is 4.35. The number of aromatic nitrogens is 4. The van der Waals surface area contributed by atoms with Crippen LogP contribution in [0.5, 0.6) is 5.75 Å². The molecule has 0 aliphatic carbocycles. The van der Waals surface area contributed by atoms with Gasteiger partial charge in [0.15, 0.2) is 5.65 Å². The topological polar surface area (TPSA) is 92.9 Å². The van der Waals surface area contributed by atoms with Crippen molar-refractivity contribution in [1.29, 1.82) is 0 Å². The van der Waals surface area contributed by atoms with E-state index in [1.54, 1.807) is 18.2 Å². The lowest BCUT2D eigenvalue weighted by molar-refractivity contribution is 0.311. The summed E-state index contributed by atoms with van der Waals surface area (Å²) in [6.45, 7) is 4.01. The van der Waals surface area contributed by atoms with Gasteiger partial charge in [0.05, 0.1) is 22.8 Å². The third kappa shape index (κ3) is 3.12. The van der Waals surface area contributed by atoms with Crippen molar-refractivity contribution in [3.8, 4) is 5.75 Å². The molecule has 0 amide bonds. The van der Waals surface area contributed by atoms with Crippen molar-refractivity contribution in [2.75, 3.05) is 38.2 Å².